The molecule has 0 radical (unpaired) electrons. The number of hydrogen-bond donors (Lipinski definition) is 1. The van der Waals surface area contributed by atoms with E-state index in [0.717, 1.165) is 5.54 Å². The van der Waals surface area contributed by atoms with Gasteiger partial charge in [0.25, 0.3) is 0 Å². The minimum absolute atomic E-state index is 0.00154. The molecular formula is C3H4Cl2O. The number of aliphatic hydroxyl groups is 1. The Labute approximate surface area is 46.2 Å². The molecule has 0 aliphatic carbocycles. The van der Waals surface area contributed by atoms with Crippen molar-refractivity contribution in [2.45, 2.75) is 0 Å². The fraction of sp³-hybridized carbons (Fsp3) is 0.333. The molecule has 0 amide bonds. The third kappa shape index (κ3) is 2.36. The zero-order valence-corrected chi connectivity index (χ0v) is 4.50. The molecule has 0 aromatic carbocycles. The molecule has 0 saturated heterocycles. The van der Waals surface area contributed by atoms with Gasteiger partial charge in [0.2, 0.25) is 0 Å². The quantitative estimate of drug-likeness (QED) is 0.421. The Hall–Kier alpha value is 0.120. The zero-order valence-electron chi connectivity index (χ0n) is 2.99. The third-order valence-corrected chi connectivity index (χ3v) is 0.789. The molecule has 1 N–H and O–H groups in total. The van der Waals surface area contributed by atoms with Crippen molar-refractivity contribution in [3.05, 3.63) is 11.3 Å². The Balaban J connectivity index is 3.22. The van der Waals surface area contributed by atoms with Crippen molar-refractivity contribution >= 4 is 23.2 Å². The van der Waals surface area contributed by atoms with E-state index in [1.165, 1.54) is 0 Å². The highest BCUT2D eigenvalue weighted by molar-refractivity contribution is 6.26. The first kappa shape index (κ1) is 6.12. The lowest BCUT2D eigenvalue weighted by atomic mass is 10.7. The maximum absolute atomic E-state index is 8.26. The molecule has 0 aliphatic rings. The van der Waals surface area contributed by atoms with Gasteiger partial charge in [-0.15, -0.1) is 11.6 Å². The third-order valence-electron chi connectivity index (χ3n) is 0.263. The van der Waals surface area contributed by atoms with Crippen LogP contribution in [0.3, 0.4) is 0 Å². The first-order chi connectivity index (χ1) is 2.81. The van der Waals surface area contributed by atoms with E-state index in [9.17, 15) is 0 Å². The van der Waals surface area contributed by atoms with E-state index >= 15 is 0 Å². The van der Waals surface area contributed by atoms with Crippen molar-refractivity contribution in [1.82, 2.24) is 0 Å². The van der Waals surface area contributed by atoms with Crippen LogP contribution in [0.25, 0.3) is 0 Å². The maximum atomic E-state index is 8.26. The molecule has 0 unspecified atom stereocenters. The summed E-state index contributed by atoms with van der Waals surface area (Å²) in [6, 6.07) is 0. The minimum atomic E-state index is -0.00154. The van der Waals surface area contributed by atoms with Crippen molar-refractivity contribution in [3.8, 4) is 0 Å². The van der Waals surface area contributed by atoms with Crippen molar-refractivity contribution < 1.29 is 5.11 Å². The average molecular weight is 127 g/mol. The number of rotatable bonds is 1. The summed E-state index contributed by atoms with van der Waals surface area (Å²) in [5.74, 6) is 0.0853. The van der Waals surface area contributed by atoms with Gasteiger partial charge in [-0.3, -0.25) is 0 Å². The lowest BCUT2D eigenvalue weighted by molar-refractivity contribution is 0.418. The molecule has 6 heavy (non-hydrogen) atoms. The van der Waals surface area contributed by atoms with Crippen LogP contribution in [0.2, 0.25) is 0 Å². The summed E-state index contributed by atoms with van der Waals surface area (Å²) < 4.78 is 0. The summed E-state index contributed by atoms with van der Waals surface area (Å²) >= 11 is 10.0. The molecule has 0 aliphatic heterocycles. The number of aliphatic hydroxyl groups excluding tert-OH is 1. The van der Waals surface area contributed by atoms with Crippen LogP contribution < -0.4 is 0 Å². The van der Waals surface area contributed by atoms with E-state index in [1.807, 2.05) is 0 Å². The average Bonchev–Trinajstić information content (AvgIpc) is 1.65. The summed E-state index contributed by atoms with van der Waals surface area (Å²) in [7, 11) is 0. The molecule has 0 rings (SSSR count). The van der Waals surface area contributed by atoms with E-state index in [2.05, 4.69) is 0 Å². The summed E-state index contributed by atoms with van der Waals surface area (Å²) in [6.07, 6.45) is 0. The molecule has 0 saturated carbocycles. The van der Waals surface area contributed by atoms with Crippen molar-refractivity contribution in [2.24, 2.45) is 0 Å². The number of halogens is 2. The van der Waals surface area contributed by atoms with Crippen LogP contribution in [0, 0.1) is 0 Å². The molecule has 0 aromatic rings. The first-order valence-corrected chi connectivity index (χ1v) is 2.32. The Morgan fingerprint density at radius 2 is 2.33 bits per heavy atom. The monoisotopic (exact) mass is 126 g/mol. The SMILES string of the molecule is O/C(=C/Cl)CCl. The van der Waals surface area contributed by atoms with Gasteiger partial charge in [-0.05, 0) is 0 Å². The zero-order chi connectivity index (χ0) is 4.99. The van der Waals surface area contributed by atoms with E-state index in [4.69, 9.17) is 28.3 Å². The van der Waals surface area contributed by atoms with Crippen LogP contribution in [0.4, 0.5) is 0 Å². The normalized spacial score (nSPS) is 12.0. The lowest BCUT2D eigenvalue weighted by Crippen LogP contribution is -1.75. The number of allylic oxidation sites excluding steroid dienone is 1. The molecular weight excluding hydrogens is 123 g/mol. The van der Waals surface area contributed by atoms with Crippen molar-refractivity contribution in [2.75, 3.05) is 5.88 Å². The smallest absolute Gasteiger partial charge is 0.118 e. The van der Waals surface area contributed by atoms with Gasteiger partial charge >= 0.3 is 0 Å². The van der Waals surface area contributed by atoms with Crippen LogP contribution in [0.15, 0.2) is 11.3 Å². The topological polar surface area (TPSA) is 20.2 Å². The minimum Gasteiger partial charge on any atom is -0.510 e. The van der Waals surface area contributed by atoms with E-state index in [0.29, 0.717) is 0 Å². The highest BCUT2D eigenvalue weighted by Crippen LogP contribution is 1.92. The summed E-state index contributed by atoms with van der Waals surface area (Å²) in [6.45, 7) is 0. The predicted molar refractivity (Wildman–Crippen MR) is 27.3 cm³/mol. The van der Waals surface area contributed by atoms with Crippen LogP contribution in [0.1, 0.15) is 0 Å². The second-order valence-electron chi connectivity index (χ2n) is 0.734. The van der Waals surface area contributed by atoms with Gasteiger partial charge in [-0.2, -0.15) is 0 Å². The summed E-state index contributed by atoms with van der Waals surface area (Å²) in [5, 5.41) is 8.26. The van der Waals surface area contributed by atoms with Crippen LogP contribution in [-0.4, -0.2) is 11.0 Å². The Bertz CT molecular complexity index is 59.8. The van der Waals surface area contributed by atoms with Crippen LogP contribution in [0.5, 0.6) is 0 Å². The molecule has 0 atom stereocenters. The summed E-state index contributed by atoms with van der Waals surface area (Å²) in [5.41, 5.74) is 1.03. The molecule has 0 fully saturated rings. The van der Waals surface area contributed by atoms with Crippen LogP contribution in [-0.2, 0) is 0 Å². The van der Waals surface area contributed by atoms with Gasteiger partial charge in [0.05, 0.1) is 5.88 Å². The molecule has 0 bridgehead atoms. The second-order valence-corrected chi connectivity index (χ2v) is 1.22. The van der Waals surface area contributed by atoms with Gasteiger partial charge in [-0.1, -0.05) is 11.6 Å². The number of hydrogen-bond acceptors (Lipinski definition) is 1. The maximum Gasteiger partial charge on any atom is 0.118 e. The van der Waals surface area contributed by atoms with Gasteiger partial charge in [0, 0.05) is 5.54 Å². The molecule has 0 spiro atoms. The van der Waals surface area contributed by atoms with E-state index < -0.39 is 0 Å². The van der Waals surface area contributed by atoms with E-state index in [1.54, 1.807) is 0 Å². The Morgan fingerprint density at radius 3 is 2.33 bits per heavy atom. The van der Waals surface area contributed by atoms with Crippen molar-refractivity contribution in [3.63, 3.8) is 0 Å². The van der Waals surface area contributed by atoms with Gasteiger partial charge in [-0.25, -0.2) is 0 Å². The Kier molecular flexibility index (Phi) is 3.38. The fourth-order valence-electron chi connectivity index (χ4n) is 0.0292. The second kappa shape index (κ2) is 3.32. The van der Waals surface area contributed by atoms with Gasteiger partial charge in [0.1, 0.15) is 5.76 Å². The number of alkyl halides is 1. The lowest BCUT2D eigenvalue weighted by Gasteiger charge is -1.81. The van der Waals surface area contributed by atoms with Gasteiger partial charge < -0.3 is 5.11 Å². The molecule has 1 nitrogen and oxygen atoms in total. The highest BCUT2D eigenvalue weighted by Gasteiger charge is 1.80. The van der Waals surface area contributed by atoms with Crippen molar-refractivity contribution in [1.29, 1.82) is 0 Å². The molecule has 3 heteroatoms. The standard InChI is InChI=1S/C3H4Cl2O/c4-1-3(6)2-5/h1,6H,2H2/b3-1+. The molecule has 0 aromatic heterocycles. The molecule has 36 valence electrons. The Morgan fingerprint density at radius 1 is 1.83 bits per heavy atom. The predicted octanol–water partition coefficient (Wildman–Crippen LogP) is 1.86. The van der Waals surface area contributed by atoms with Crippen LogP contribution >= 0.6 is 23.2 Å². The van der Waals surface area contributed by atoms with Gasteiger partial charge in [0.15, 0.2) is 0 Å². The first-order valence-electron chi connectivity index (χ1n) is 1.35. The molecule has 0 heterocycles. The largest absolute Gasteiger partial charge is 0.510 e. The van der Waals surface area contributed by atoms with E-state index in [-0.39, 0.29) is 11.6 Å². The fourth-order valence-corrected chi connectivity index (χ4v) is 0.262. The summed E-state index contributed by atoms with van der Waals surface area (Å²) in [4.78, 5) is 0. The highest BCUT2D eigenvalue weighted by atomic mass is 35.5.